The van der Waals surface area contributed by atoms with Crippen molar-refractivity contribution < 1.29 is 0 Å². The summed E-state index contributed by atoms with van der Waals surface area (Å²) in [6.45, 7) is 4.04. The molecule has 0 radical (unpaired) electrons. The number of aromatic nitrogens is 4. The fraction of sp³-hybridized carbons (Fsp3) is 0.556. The predicted molar refractivity (Wildman–Crippen MR) is 97.5 cm³/mol. The molecule has 0 amide bonds. The molecule has 2 aromatic rings. The first-order valence-electron chi connectivity index (χ1n) is 8.95. The molecule has 2 aliphatic rings. The Morgan fingerprint density at radius 3 is 2.80 bits per heavy atom. The average Bonchev–Trinajstić information content (AvgIpc) is 3.05. The van der Waals surface area contributed by atoms with E-state index in [9.17, 15) is 0 Å². The lowest BCUT2D eigenvalue weighted by Gasteiger charge is -2.38. The van der Waals surface area contributed by atoms with Crippen molar-refractivity contribution >= 4 is 11.8 Å². The van der Waals surface area contributed by atoms with Gasteiger partial charge in [-0.25, -0.2) is 4.98 Å². The second-order valence-electron chi connectivity index (χ2n) is 7.13. The van der Waals surface area contributed by atoms with Gasteiger partial charge in [0.25, 0.3) is 0 Å². The Bertz CT molecular complexity index is 706. The topological polar surface area (TPSA) is 61.3 Å². The zero-order valence-electron chi connectivity index (χ0n) is 14.9. The van der Waals surface area contributed by atoms with Crippen molar-refractivity contribution in [2.24, 2.45) is 5.92 Å². The molecule has 2 atom stereocenters. The van der Waals surface area contributed by atoms with Crippen LogP contribution in [-0.4, -0.2) is 64.6 Å². The van der Waals surface area contributed by atoms with Gasteiger partial charge in [-0.3, -0.25) is 14.9 Å². The molecule has 0 spiro atoms. The molecule has 2 aliphatic heterocycles. The van der Waals surface area contributed by atoms with Gasteiger partial charge in [0.1, 0.15) is 5.82 Å². The smallest absolute Gasteiger partial charge is 0.227 e. The van der Waals surface area contributed by atoms with Gasteiger partial charge >= 0.3 is 0 Å². The SMILES string of the molecule is CN(C)c1ccnc(N2CCC3CCN(Cc4cnccn4)C3C2)n1. The fourth-order valence-electron chi connectivity index (χ4n) is 3.97. The number of rotatable bonds is 4. The van der Waals surface area contributed by atoms with Crippen molar-refractivity contribution in [2.45, 2.75) is 25.4 Å². The molecule has 7 nitrogen and oxygen atoms in total. The van der Waals surface area contributed by atoms with E-state index in [4.69, 9.17) is 4.98 Å². The van der Waals surface area contributed by atoms with E-state index >= 15 is 0 Å². The van der Waals surface area contributed by atoms with Crippen LogP contribution in [0, 0.1) is 5.92 Å². The minimum atomic E-state index is 0.544. The lowest BCUT2D eigenvalue weighted by Crippen LogP contribution is -2.48. The molecule has 2 fully saturated rings. The van der Waals surface area contributed by atoms with Crippen LogP contribution in [0.4, 0.5) is 11.8 Å². The molecule has 0 aliphatic carbocycles. The zero-order valence-corrected chi connectivity index (χ0v) is 14.9. The van der Waals surface area contributed by atoms with Crippen LogP contribution in [0.2, 0.25) is 0 Å². The Hall–Kier alpha value is -2.28. The standard InChI is InChI=1S/C18H25N7/c1-23(2)17-3-6-21-18(22-17)25-10-5-14-4-9-24(16(14)13-25)12-15-11-19-7-8-20-15/h3,6-8,11,14,16H,4-5,9-10,12-13H2,1-2H3. The Labute approximate surface area is 148 Å². The molecule has 4 rings (SSSR count). The van der Waals surface area contributed by atoms with Gasteiger partial charge in [-0.15, -0.1) is 0 Å². The summed E-state index contributed by atoms with van der Waals surface area (Å²) in [6, 6.07) is 2.49. The largest absolute Gasteiger partial charge is 0.363 e. The summed E-state index contributed by atoms with van der Waals surface area (Å²) in [4.78, 5) is 24.8. The number of piperidine rings is 1. The Balaban J connectivity index is 1.48. The normalized spacial score (nSPS) is 23.5. The monoisotopic (exact) mass is 339 g/mol. The summed E-state index contributed by atoms with van der Waals surface area (Å²) in [5.74, 6) is 2.57. The van der Waals surface area contributed by atoms with E-state index in [1.54, 1.807) is 12.4 Å². The molecule has 0 bridgehead atoms. The molecule has 132 valence electrons. The molecule has 2 aromatic heterocycles. The number of anilines is 2. The van der Waals surface area contributed by atoms with Crippen LogP contribution >= 0.6 is 0 Å². The average molecular weight is 339 g/mol. The molecule has 2 unspecified atom stereocenters. The summed E-state index contributed by atoms with van der Waals surface area (Å²) in [5, 5.41) is 0. The molecule has 25 heavy (non-hydrogen) atoms. The highest BCUT2D eigenvalue weighted by Gasteiger charge is 2.39. The Kier molecular flexibility index (Phi) is 4.48. The molecule has 0 saturated carbocycles. The highest BCUT2D eigenvalue weighted by molar-refractivity contribution is 5.43. The maximum Gasteiger partial charge on any atom is 0.227 e. The van der Waals surface area contributed by atoms with Gasteiger partial charge in [-0.2, -0.15) is 4.98 Å². The third-order valence-electron chi connectivity index (χ3n) is 5.33. The number of fused-ring (bicyclic) bond motifs is 1. The van der Waals surface area contributed by atoms with Gasteiger partial charge in [0, 0.05) is 64.6 Å². The van der Waals surface area contributed by atoms with Crippen molar-refractivity contribution in [3.05, 3.63) is 36.5 Å². The van der Waals surface area contributed by atoms with Crippen molar-refractivity contribution in [1.82, 2.24) is 24.8 Å². The summed E-state index contributed by atoms with van der Waals surface area (Å²) >= 11 is 0. The minimum Gasteiger partial charge on any atom is -0.363 e. The van der Waals surface area contributed by atoms with Gasteiger partial charge in [0.15, 0.2) is 0 Å². The Morgan fingerprint density at radius 2 is 2.00 bits per heavy atom. The van der Waals surface area contributed by atoms with E-state index in [0.717, 1.165) is 49.6 Å². The third-order valence-corrected chi connectivity index (χ3v) is 5.33. The summed E-state index contributed by atoms with van der Waals surface area (Å²) in [7, 11) is 4.02. The van der Waals surface area contributed by atoms with E-state index in [1.807, 2.05) is 37.5 Å². The van der Waals surface area contributed by atoms with Crippen LogP contribution in [0.3, 0.4) is 0 Å². The fourth-order valence-corrected chi connectivity index (χ4v) is 3.97. The van der Waals surface area contributed by atoms with Crippen LogP contribution in [-0.2, 0) is 6.54 Å². The molecule has 2 saturated heterocycles. The molecule has 7 heteroatoms. The number of hydrogen-bond donors (Lipinski definition) is 0. The van der Waals surface area contributed by atoms with Crippen molar-refractivity contribution in [1.29, 1.82) is 0 Å². The van der Waals surface area contributed by atoms with Crippen LogP contribution in [0.25, 0.3) is 0 Å². The van der Waals surface area contributed by atoms with Gasteiger partial charge in [-0.1, -0.05) is 0 Å². The highest BCUT2D eigenvalue weighted by Crippen LogP contribution is 2.33. The lowest BCUT2D eigenvalue weighted by molar-refractivity contribution is 0.198. The first kappa shape index (κ1) is 16.2. The molecular weight excluding hydrogens is 314 g/mol. The van der Waals surface area contributed by atoms with Crippen LogP contribution in [0.5, 0.6) is 0 Å². The second-order valence-corrected chi connectivity index (χ2v) is 7.13. The first-order chi connectivity index (χ1) is 12.2. The minimum absolute atomic E-state index is 0.544. The first-order valence-corrected chi connectivity index (χ1v) is 8.95. The highest BCUT2D eigenvalue weighted by atomic mass is 15.3. The maximum atomic E-state index is 4.72. The second kappa shape index (κ2) is 6.92. The van der Waals surface area contributed by atoms with Gasteiger partial charge in [-0.05, 0) is 31.4 Å². The summed E-state index contributed by atoms with van der Waals surface area (Å²) in [6.07, 6.45) is 9.71. The third kappa shape index (κ3) is 3.42. The zero-order chi connectivity index (χ0) is 17.2. The number of hydrogen-bond acceptors (Lipinski definition) is 7. The van der Waals surface area contributed by atoms with Crippen molar-refractivity contribution in [3.63, 3.8) is 0 Å². The molecule has 0 N–H and O–H groups in total. The van der Waals surface area contributed by atoms with Gasteiger partial charge in [0.2, 0.25) is 5.95 Å². The van der Waals surface area contributed by atoms with Crippen molar-refractivity contribution in [3.8, 4) is 0 Å². The van der Waals surface area contributed by atoms with E-state index in [-0.39, 0.29) is 0 Å². The van der Waals surface area contributed by atoms with Crippen LogP contribution < -0.4 is 9.80 Å². The van der Waals surface area contributed by atoms with Crippen molar-refractivity contribution in [2.75, 3.05) is 43.5 Å². The Morgan fingerprint density at radius 1 is 1.12 bits per heavy atom. The van der Waals surface area contributed by atoms with E-state index in [0.29, 0.717) is 6.04 Å². The molecular formula is C18H25N7. The number of likely N-dealkylation sites (tertiary alicyclic amines) is 1. The van der Waals surface area contributed by atoms with Crippen LogP contribution in [0.15, 0.2) is 30.9 Å². The van der Waals surface area contributed by atoms with Crippen LogP contribution in [0.1, 0.15) is 18.5 Å². The van der Waals surface area contributed by atoms with E-state index in [2.05, 4.69) is 24.8 Å². The van der Waals surface area contributed by atoms with E-state index < -0.39 is 0 Å². The summed E-state index contributed by atoms with van der Waals surface area (Å²) < 4.78 is 0. The molecule has 0 aromatic carbocycles. The summed E-state index contributed by atoms with van der Waals surface area (Å²) in [5.41, 5.74) is 1.05. The van der Waals surface area contributed by atoms with E-state index in [1.165, 1.54) is 12.8 Å². The predicted octanol–water partition coefficient (Wildman–Crippen LogP) is 1.43. The van der Waals surface area contributed by atoms with Gasteiger partial charge in [0.05, 0.1) is 5.69 Å². The maximum absolute atomic E-state index is 4.72. The van der Waals surface area contributed by atoms with Gasteiger partial charge < -0.3 is 9.80 Å². The quantitative estimate of drug-likeness (QED) is 0.835. The lowest BCUT2D eigenvalue weighted by atomic mass is 9.92. The molecule has 4 heterocycles. The number of nitrogens with zero attached hydrogens (tertiary/aromatic N) is 7.